The van der Waals surface area contributed by atoms with Gasteiger partial charge in [-0.1, -0.05) is 17.7 Å². The maximum absolute atomic E-state index is 5.96. The minimum atomic E-state index is -0.0463. The number of nitrogens with two attached hydrogens (primary N) is 1. The van der Waals surface area contributed by atoms with Crippen LogP contribution in [-0.2, 0) is 14.2 Å². The molecule has 0 aliphatic carbocycles. The predicted octanol–water partition coefficient (Wildman–Crippen LogP) is 2.07. The molecule has 0 spiro atoms. The van der Waals surface area contributed by atoms with E-state index in [0.717, 1.165) is 11.3 Å². The van der Waals surface area contributed by atoms with Crippen LogP contribution < -0.4 is 10.5 Å². The Morgan fingerprint density at radius 2 is 1.62 bits per heavy atom. The molecule has 0 bridgehead atoms. The second kappa shape index (κ2) is 10.6. The van der Waals surface area contributed by atoms with Gasteiger partial charge in [0, 0.05) is 18.7 Å². The van der Waals surface area contributed by atoms with Crippen LogP contribution in [-0.4, -0.2) is 46.8 Å². The van der Waals surface area contributed by atoms with Gasteiger partial charge in [-0.15, -0.1) is 0 Å². The maximum atomic E-state index is 5.96. The normalized spacial score (nSPS) is 12.4. The molecule has 0 aromatic heterocycles. The van der Waals surface area contributed by atoms with Gasteiger partial charge < -0.3 is 24.7 Å². The predicted molar refractivity (Wildman–Crippen MR) is 82.8 cm³/mol. The lowest BCUT2D eigenvalue weighted by atomic mass is 10.1. The van der Waals surface area contributed by atoms with Gasteiger partial charge in [0.25, 0.3) is 0 Å². The fourth-order valence-corrected chi connectivity index (χ4v) is 1.83. The molecule has 21 heavy (non-hydrogen) atoms. The first-order chi connectivity index (χ1) is 10.1. The van der Waals surface area contributed by atoms with Gasteiger partial charge in [-0.3, -0.25) is 0 Å². The van der Waals surface area contributed by atoms with Crippen molar-refractivity contribution in [2.75, 3.05) is 46.8 Å². The SMILES string of the molecule is COCCOCCOCCOc1ccc(C)cc1[C@@H](C)N. The molecule has 0 fully saturated rings. The van der Waals surface area contributed by atoms with Gasteiger partial charge in [0.05, 0.1) is 33.0 Å². The van der Waals surface area contributed by atoms with Crippen LogP contribution in [0.1, 0.15) is 24.1 Å². The van der Waals surface area contributed by atoms with Gasteiger partial charge in [-0.2, -0.15) is 0 Å². The highest BCUT2D eigenvalue weighted by Crippen LogP contribution is 2.24. The lowest BCUT2D eigenvalue weighted by Gasteiger charge is -2.15. The summed E-state index contributed by atoms with van der Waals surface area (Å²) < 4.78 is 21.3. The van der Waals surface area contributed by atoms with E-state index in [2.05, 4.69) is 6.07 Å². The Kier molecular flexibility index (Phi) is 9.01. The number of hydrogen-bond acceptors (Lipinski definition) is 5. The van der Waals surface area contributed by atoms with Crippen molar-refractivity contribution in [3.63, 3.8) is 0 Å². The molecule has 1 rings (SSSR count). The lowest BCUT2D eigenvalue weighted by Crippen LogP contribution is -2.14. The summed E-state index contributed by atoms with van der Waals surface area (Å²) in [6.45, 7) is 7.35. The Balaban J connectivity index is 2.18. The van der Waals surface area contributed by atoms with E-state index in [4.69, 9.17) is 24.7 Å². The van der Waals surface area contributed by atoms with E-state index >= 15 is 0 Å². The molecule has 1 atom stereocenters. The molecule has 0 saturated heterocycles. The zero-order chi connectivity index (χ0) is 15.5. The topological polar surface area (TPSA) is 62.9 Å². The molecule has 0 radical (unpaired) electrons. The highest BCUT2D eigenvalue weighted by Gasteiger charge is 2.08. The van der Waals surface area contributed by atoms with Gasteiger partial charge in [-0.05, 0) is 19.9 Å². The van der Waals surface area contributed by atoms with Gasteiger partial charge in [-0.25, -0.2) is 0 Å². The molecule has 0 saturated carbocycles. The van der Waals surface area contributed by atoms with Crippen LogP contribution in [0, 0.1) is 6.92 Å². The Morgan fingerprint density at radius 3 is 2.24 bits per heavy atom. The van der Waals surface area contributed by atoms with Gasteiger partial charge in [0.15, 0.2) is 0 Å². The Morgan fingerprint density at radius 1 is 1.00 bits per heavy atom. The third-order valence-corrected chi connectivity index (χ3v) is 2.94. The Hall–Kier alpha value is -1.14. The van der Waals surface area contributed by atoms with Crippen LogP contribution in [0.4, 0.5) is 0 Å². The zero-order valence-electron chi connectivity index (χ0n) is 13.3. The quantitative estimate of drug-likeness (QED) is 0.634. The van der Waals surface area contributed by atoms with Crippen molar-refractivity contribution in [3.05, 3.63) is 29.3 Å². The minimum Gasteiger partial charge on any atom is -0.491 e. The molecule has 120 valence electrons. The summed E-state index contributed by atoms with van der Waals surface area (Å²) in [4.78, 5) is 0. The smallest absolute Gasteiger partial charge is 0.124 e. The van der Waals surface area contributed by atoms with Gasteiger partial charge in [0.1, 0.15) is 12.4 Å². The first-order valence-electron chi connectivity index (χ1n) is 7.28. The van der Waals surface area contributed by atoms with Crippen molar-refractivity contribution in [1.29, 1.82) is 0 Å². The minimum absolute atomic E-state index is 0.0463. The molecule has 0 aliphatic heterocycles. The second-order valence-electron chi connectivity index (χ2n) is 4.90. The van der Waals surface area contributed by atoms with Crippen LogP contribution in [0.2, 0.25) is 0 Å². The highest BCUT2D eigenvalue weighted by molar-refractivity contribution is 5.38. The number of ether oxygens (including phenoxy) is 4. The van der Waals surface area contributed by atoms with Crippen LogP contribution in [0.25, 0.3) is 0 Å². The van der Waals surface area contributed by atoms with Gasteiger partial charge >= 0.3 is 0 Å². The summed E-state index contributed by atoms with van der Waals surface area (Å²) >= 11 is 0. The number of benzene rings is 1. The van der Waals surface area contributed by atoms with E-state index < -0.39 is 0 Å². The molecule has 1 aromatic rings. The number of rotatable bonds is 11. The van der Waals surface area contributed by atoms with Crippen molar-refractivity contribution >= 4 is 0 Å². The lowest BCUT2D eigenvalue weighted by molar-refractivity contribution is 0.0179. The number of hydrogen-bond donors (Lipinski definition) is 1. The summed E-state index contributed by atoms with van der Waals surface area (Å²) in [5.41, 5.74) is 8.16. The Labute approximate surface area is 127 Å². The standard InChI is InChI=1S/C16H27NO4/c1-13-4-5-16(15(12-13)14(2)17)21-11-10-20-9-8-19-7-6-18-3/h4-5,12,14H,6-11,17H2,1-3H3/t14-/m1/s1. The molecule has 5 heteroatoms. The van der Waals surface area contributed by atoms with Crippen LogP contribution in [0.5, 0.6) is 5.75 Å². The van der Waals surface area contributed by atoms with Crippen LogP contribution in [0.3, 0.4) is 0 Å². The third-order valence-electron chi connectivity index (χ3n) is 2.94. The van der Waals surface area contributed by atoms with E-state index in [1.165, 1.54) is 5.56 Å². The summed E-state index contributed by atoms with van der Waals surface area (Å²) in [7, 11) is 1.65. The van der Waals surface area contributed by atoms with Crippen molar-refractivity contribution in [2.24, 2.45) is 5.73 Å². The van der Waals surface area contributed by atoms with E-state index in [9.17, 15) is 0 Å². The highest BCUT2D eigenvalue weighted by atomic mass is 16.6. The first-order valence-corrected chi connectivity index (χ1v) is 7.28. The fraction of sp³-hybridized carbons (Fsp3) is 0.625. The van der Waals surface area contributed by atoms with Crippen molar-refractivity contribution in [3.8, 4) is 5.75 Å². The molecular weight excluding hydrogens is 270 g/mol. The summed E-state index contributed by atoms with van der Waals surface area (Å²) in [6.07, 6.45) is 0. The molecule has 5 nitrogen and oxygen atoms in total. The average Bonchev–Trinajstić information content (AvgIpc) is 2.46. The third kappa shape index (κ3) is 7.43. The zero-order valence-corrected chi connectivity index (χ0v) is 13.3. The largest absolute Gasteiger partial charge is 0.491 e. The van der Waals surface area contributed by atoms with Crippen molar-refractivity contribution in [1.82, 2.24) is 0 Å². The van der Waals surface area contributed by atoms with E-state index in [-0.39, 0.29) is 6.04 Å². The summed E-state index contributed by atoms with van der Waals surface area (Å²) in [5.74, 6) is 0.829. The number of aryl methyl sites for hydroxylation is 1. The monoisotopic (exact) mass is 297 g/mol. The van der Waals surface area contributed by atoms with Gasteiger partial charge in [0.2, 0.25) is 0 Å². The maximum Gasteiger partial charge on any atom is 0.124 e. The Bertz CT molecular complexity index is 396. The first kappa shape index (κ1) is 17.9. The summed E-state index contributed by atoms with van der Waals surface area (Å²) in [5, 5.41) is 0. The number of methoxy groups -OCH3 is 1. The molecule has 0 heterocycles. The average molecular weight is 297 g/mol. The van der Waals surface area contributed by atoms with E-state index in [1.807, 2.05) is 26.0 Å². The van der Waals surface area contributed by atoms with Crippen LogP contribution in [0.15, 0.2) is 18.2 Å². The fourth-order valence-electron chi connectivity index (χ4n) is 1.83. The van der Waals surface area contributed by atoms with E-state index in [1.54, 1.807) is 7.11 Å². The second-order valence-corrected chi connectivity index (χ2v) is 4.90. The van der Waals surface area contributed by atoms with Crippen molar-refractivity contribution < 1.29 is 18.9 Å². The molecular formula is C16H27NO4. The van der Waals surface area contributed by atoms with Crippen molar-refractivity contribution in [2.45, 2.75) is 19.9 Å². The van der Waals surface area contributed by atoms with Crippen LogP contribution >= 0.6 is 0 Å². The molecule has 0 amide bonds. The molecule has 0 unspecified atom stereocenters. The van der Waals surface area contributed by atoms with E-state index in [0.29, 0.717) is 39.6 Å². The molecule has 1 aromatic carbocycles. The summed E-state index contributed by atoms with van der Waals surface area (Å²) in [6, 6.07) is 5.99. The molecule has 0 aliphatic rings. The molecule has 2 N–H and O–H groups in total.